The molecular weight excluding hydrogens is 192 g/mol. The molecule has 0 aromatic heterocycles. The van der Waals surface area contributed by atoms with Gasteiger partial charge in [0.25, 0.3) is 0 Å². The van der Waals surface area contributed by atoms with Crippen LogP contribution in [0, 0.1) is 5.41 Å². The molecule has 0 bridgehead atoms. The molecule has 16 heavy (non-hydrogen) atoms. The molecule has 2 aliphatic carbocycles. The summed E-state index contributed by atoms with van der Waals surface area (Å²) in [6.45, 7) is 7.06. The Kier molecular flexibility index (Phi) is 1.78. The predicted octanol–water partition coefficient (Wildman–Crippen LogP) is 4.33. The summed E-state index contributed by atoms with van der Waals surface area (Å²) in [5, 5.41) is 0. The summed E-state index contributed by atoms with van der Waals surface area (Å²) in [6.07, 6.45) is 8.29. The van der Waals surface area contributed by atoms with Crippen molar-refractivity contribution in [3.8, 4) is 0 Å². The number of allylic oxidation sites excluding steroid dienone is 3. The fraction of sp³-hybridized carbons (Fsp3) is 0.375. The van der Waals surface area contributed by atoms with Crippen molar-refractivity contribution in [2.75, 3.05) is 0 Å². The van der Waals surface area contributed by atoms with Crippen molar-refractivity contribution in [2.45, 2.75) is 32.6 Å². The van der Waals surface area contributed by atoms with E-state index in [2.05, 4.69) is 63.3 Å². The van der Waals surface area contributed by atoms with E-state index in [9.17, 15) is 0 Å². The zero-order valence-electron chi connectivity index (χ0n) is 10.2. The Morgan fingerprint density at radius 3 is 2.62 bits per heavy atom. The summed E-state index contributed by atoms with van der Waals surface area (Å²) in [5.41, 5.74) is 4.87. The zero-order chi connectivity index (χ0) is 11.4. The van der Waals surface area contributed by atoms with Crippen molar-refractivity contribution in [3.63, 3.8) is 0 Å². The molecule has 1 atom stereocenters. The Morgan fingerprint density at radius 2 is 1.81 bits per heavy atom. The van der Waals surface area contributed by atoms with Gasteiger partial charge in [0, 0.05) is 5.41 Å². The lowest BCUT2D eigenvalue weighted by molar-refractivity contribution is 0.388. The largest absolute Gasteiger partial charge is 0.0865 e. The summed E-state index contributed by atoms with van der Waals surface area (Å²) >= 11 is 0. The fourth-order valence-corrected chi connectivity index (χ4v) is 3.32. The third-order valence-corrected chi connectivity index (χ3v) is 4.19. The molecule has 0 aliphatic heterocycles. The third kappa shape index (κ3) is 1.10. The standard InChI is InChI=1S/C16H18/c1-15(2)9-6-10-16(3)13-8-5-4-7-12(13)11-14(15)16/h4-8,10-11H,9H2,1-3H3. The van der Waals surface area contributed by atoms with Crippen LogP contribution >= 0.6 is 0 Å². The zero-order valence-corrected chi connectivity index (χ0v) is 10.2. The van der Waals surface area contributed by atoms with E-state index in [0.29, 0.717) is 5.41 Å². The van der Waals surface area contributed by atoms with Crippen molar-refractivity contribution >= 4 is 6.08 Å². The number of benzene rings is 1. The van der Waals surface area contributed by atoms with Gasteiger partial charge in [-0.15, -0.1) is 0 Å². The lowest BCUT2D eigenvalue weighted by atomic mass is 9.64. The predicted molar refractivity (Wildman–Crippen MR) is 69.3 cm³/mol. The average Bonchev–Trinajstić information content (AvgIpc) is 2.54. The molecule has 0 saturated carbocycles. The molecule has 1 aromatic carbocycles. The van der Waals surface area contributed by atoms with Crippen LogP contribution in [0.2, 0.25) is 0 Å². The highest BCUT2D eigenvalue weighted by atomic mass is 14.5. The first-order valence-corrected chi connectivity index (χ1v) is 6.04. The Morgan fingerprint density at radius 1 is 1.06 bits per heavy atom. The molecule has 0 amide bonds. The van der Waals surface area contributed by atoms with Gasteiger partial charge in [0.2, 0.25) is 0 Å². The van der Waals surface area contributed by atoms with Crippen LogP contribution in [0.15, 0.2) is 42.0 Å². The van der Waals surface area contributed by atoms with Gasteiger partial charge in [-0.3, -0.25) is 0 Å². The number of fused-ring (bicyclic) bond motifs is 3. The first-order chi connectivity index (χ1) is 7.54. The van der Waals surface area contributed by atoms with E-state index in [1.807, 2.05) is 0 Å². The second-order valence-electron chi connectivity index (χ2n) is 5.84. The molecule has 1 unspecified atom stereocenters. The summed E-state index contributed by atoms with van der Waals surface area (Å²) in [4.78, 5) is 0. The topological polar surface area (TPSA) is 0 Å². The molecule has 0 radical (unpaired) electrons. The van der Waals surface area contributed by atoms with Gasteiger partial charge in [-0.2, -0.15) is 0 Å². The molecule has 1 aromatic rings. The molecule has 0 heteroatoms. The van der Waals surface area contributed by atoms with E-state index in [4.69, 9.17) is 0 Å². The highest BCUT2D eigenvalue weighted by Gasteiger charge is 2.43. The van der Waals surface area contributed by atoms with E-state index in [0.717, 1.165) is 6.42 Å². The lowest BCUT2D eigenvalue weighted by Crippen LogP contribution is -2.32. The van der Waals surface area contributed by atoms with Crippen molar-refractivity contribution in [2.24, 2.45) is 5.41 Å². The summed E-state index contributed by atoms with van der Waals surface area (Å²) in [6, 6.07) is 8.78. The smallest absolute Gasteiger partial charge is 0.0327 e. The van der Waals surface area contributed by atoms with Crippen LogP contribution < -0.4 is 0 Å². The molecule has 2 aliphatic rings. The van der Waals surface area contributed by atoms with E-state index in [1.165, 1.54) is 11.1 Å². The minimum absolute atomic E-state index is 0.137. The molecule has 0 nitrogen and oxygen atoms in total. The Balaban J connectivity index is 2.28. The van der Waals surface area contributed by atoms with Crippen LogP contribution in [0.5, 0.6) is 0 Å². The minimum atomic E-state index is 0.137. The maximum Gasteiger partial charge on any atom is 0.0327 e. The Bertz CT molecular complexity index is 503. The highest BCUT2D eigenvalue weighted by Crippen LogP contribution is 2.53. The number of hydrogen-bond donors (Lipinski definition) is 0. The molecule has 0 N–H and O–H groups in total. The van der Waals surface area contributed by atoms with Crippen LogP contribution in [-0.2, 0) is 5.41 Å². The summed E-state index contributed by atoms with van der Waals surface area (Å²) < 4.78 is 0. The van der Waals surface area contributed by atoms with Crippen molar-refractivity contribution in [3.05, 3.63) is 53.1 Å². The van der Waals surface area contributed by atoms with Gasteiger partial charge in [0.1, 0.15) is 0 Å². The summed E-state index contributed by atoms with van der Waals surface area (Å²) in [7, 11) is 0. The average molecular weight is 210 g/mol. The third-order valence-electron chi connectivity index (χ3n) is 4.19. The van der Waals surface area contributed by atoms with Crippen LogP contribution in [0.4, 0.5) is 0 Å². The Hall–Kier alpha value is -1.30. The van der Waals surface area contributed by atoms with Crippen LogP contribution in [0.25, 0.3) is 6.08 Å². The van der Waals surface area contributed by atoms with Crippen LogP contribution in [-0.4, -0.2) is 0 Å². The Labute approximate surface area is 97.7 Å². The maximum absolute atomic E-state index is 2.40. The number of hydrogen-bond acceptors (Lipinski definition) is 0. The van der Waals surface area contributed by atoms with E-state index in [-0.39, 0.29) is 5.41 Å². The van der Waals surface area contributed by atoms with E-state index in [1.54, 1.807) is 5.57 Å². The van der Waals surface area contributed by atoms with E-state index < -0.39 is 0 Å². The van der Waals surface area contributed by atoms with Gasteiger partial charge in [-0.1, -0.05) is 56.3 Å². The van der Waals surface area contributed by atoms with Gasteiger partial charge >= 0.3 is 0 Å². The lowest BCUT2D eigenvalue weighted by Gasteiger charge is -2.40. The van der Waals surface area contributed by atoms with Crippen LogP contribution in [0.3, 0.4) is 0 Å². The van der Waals surface area contributed by atoms with Gasteiger partial charge in [0.05, 0.1) is 0 Å². The number of rotatable bonds is 0. The van der Waals surface area contributed by atoms with Gasteiger partial charge in [0.15, 0.2) is 0 Å². The second kappa shape index (κ2) is 2.88. The highest BCUT2D eigenvalue weighted by molar-refractivity contribution is 5.72. The van der Waals surface area contributed by atoms with Crippen molar-refractivity contribution in [1.82, 2.24) is 0 Å². The van der Waals surface area contributed by atoms with Crippen molar-refractivity contribution < 1.29 is 0 Å². The van der Waals surface area contributed by atoms with Gasteiger partial charge < -0.3 is 0 Å². The SMILES string of the molecule is CC1(C)CC=CC2(C)C1=Cc1ccccc12. The molecule has 0 fully saturated rings. The fourth-order valence-electron chi connectivity index (χ4n) is 3.32. The normalized spacial score (nSPS) is 29.6. The molecule has 0 saturated heterocycles. The van der Waals surface area contributed by atoms with Crippen molar-refractivity contribution in [1.29, 1.82) is 0 Å². The molecule has 0 heterocycles. The van der Waals surface area contributed by atoms with Gasteiger partial charge in [-0.25, -0.2) is 0 Å². The second-order valence-corrected chi connectivity index (χ2v) is 5.84. The quantitative estimate of drug-likeness (QED) is 0.559. The molecule has 0 spiro atoms. The van der Waals surface area contributed by atoms with Gasteiger partial charge in [-0.05, 0) is 35.5 Å². The first-order valence-electron chi connectivity index (χ1n) is 6.04. The van der Waals surface area contributed by atoms with E-state index >= 15 is 0 Å². The summed E-state index contributed by atoms with van der Waals surface area (Å²) in [5.74, 6) is 0. The first kappa shape index (κ1) is 9.89. The molecule has 3 rings (SSSR count). The molecule has 82 valence electrons. The van der Waals surface area contributed by atoms with Crippen LogP contribution in [0.1, 0.15) is 38.3 Å². The minimum Gasteiger partial charge on any atom is -0.0865 e. The monoisotopic (exact) mass is 210 g/mol. The maximum atomic E-state index is 2.40. The molecular formula is C16H18.